The number of aryl methyl sites for hydroxylation is 1. The monoisotopic (exact) mass is 403 g/mol. The second-order valence-electron chi connectivity index (χ2n) is 7.01. The Morgan fingerprint density at radius 3 is 2.39 bits per heavy atom. The predicted octanol–water partition coefficient (Wildman–Crippen LogP) is 1.88. The van der Waals surface area contributed by atoms with Gasteiger partial charge in [0.15, 0.2) is 0 Å². The first-order valence-corrected chi connectivity index (χ1v) is 10.6. The summed E-state index contributed by atoms with van der Waals surface area (Å²) in [6.45, 7) is 3.78. The van der Waals surface area contributed by atoms with Crippen LogP contribution in [0.4, 0.5) is 5.69 Å². The second kappa shape index (κ2) is 9.05. The molecule has 1 N–H and O–H groups in total. The van der Waals surface area contributed by atoms with E-state index in [9.17, 15) is 18.0 Å². The quantitative estimate of drug-likeness (QED) is 0.735. The van der Waals surface area contributed by atoms with E-state index in [1.165, 1.54) is 0 Å². The molecule has 150 valence electrons. The molecule has 2 amide bonds. The number of nitrogens with one attached hydrogen (secondary N) is 1. The first kappa shape index (κ1) is 20.1. The molecule has 0 bridgehead atoms. The second-order valence-corrected chi connectivity index (χ2v) is 7.74. The van der Waals surface area contributed by atoms with E-state index in [0.29, 0.717) is 49.4 Å². The first-order chi connectivity index (χ1) is 13.4. The van der Waals surface area contributed by atoms with Crippen molar-refractivity contribution >= 4 is 28.4 Å². The standard InChI is InChI=1S/C20H25N3O4S/c1-15-13-17(7-8-18(15)21-28(26)27)20(25)23-11-9-22(10-12-23)19(24)14-16-5-3-2-4-6-16/h3,5-8,13,28H,2,4,9-12,14H2,1H3,(H,21,26,27). The number of rotatable bonds is 5. The molecule has 3 rings (SSSR count). The smallest absolute Gasteiger partial charge is 0.253 e. The molecule has 0 radical (unpaired) electrons. The van der Waals surface area contributed by atoms with Gasteiger partial charge in [-0.25, -0.2) is 8.42 Å². The summed E-state index contributed by atoms with van der Waals surface area (Å²) >= 11 is 0. The zero-order valence-electron chi connectivity index (χ0n) is 15.9. The largest absolute Gasteiger partial charge is 0.339 e. The summed E-state index contributed by atoms with van der Waals surface area (Å²) in [7, 11) is -2.74. The molecule has 1 saturated heterocycles. The lowest BCUT2D eigenvalue weighted by atomic mass is 10.0. The molecule has 0 spiro atoms. The minimum Gasteiger partial charge on any atom is -0.339 e. The van der Waals surface area contributed by atoms with Gasteiger partial charge in [0.25, 0.3) is 5.91 Å². The third-order valence-corrected chi connectivity index (χ3v) is 5.46. The zero-order chi connectivity index (χ0) is 20.1. The van der Waals surface area contributed by atoms with Crippen molar-refractivity contribution in [2.45, 2.75) is 26.2 Å². The number of amides is 2. The average Bonchev–Trinajstić information content (AvgIpc) is 2.69. The Morgan fingerprint density at radius 2 is 1.79 bits per heavy atom. The van der Waals surface area contributed by atoms with Crippen molar-refractivity contribution in [2.24, 2.45) is 0 Å². The molecule has 1 fully saturated rings. The molecule has 1 aromatic carbocycles. The molecule has 1 aromatic rings. The summed E-state index contributed by atoms with van der Waals surface area (Å²) in [5.41, 5.74) is 2.74. The number of anilines is 1. The molecule has 2 aliphatic rings. The highest BCUT2D eigenvalue weighted by Crippen LogP contribution is 2.19. The van der Waals surface area contributed by atoms with E-state index in [2.05, 4.69) is 16.9 Å². The highest BCUT2D eigenvalue weighted by atomic mass is 32.2. The van der Waals surface area contributed by atoms with Gasteiger partial charge in [0.05, 0.1) is 12.1 Å². The molecular formula is C20H25N3O4S. The normalized spacial score (nSPS) is 16.9. The van der Waals surface area contributed by atoms with Crippen LogP contribution in [0.2, 0.25) is 0 Å². The van der Waals surface area contributed by atoms with Crippen LogP contribution in [0.15, 0.2) is 42.0 Å². The van der Waals surface area contributed by atoms with Gasteiger partial charge in [0.2, 0.25) is 16.8 Å². The maximum absolute atomic E-state index is 12.7. The van der Waals surface area contributed by atoms with E-state index in [-0.39, 0.29) is 11.8 Å². The van der Waals surface area contributed by atoms with Gasteiger partial charge in [-0.2, -0.15) is 0 Å². The fourth-order valence-electron chi connectivity index (χ4n) is 3.45. The van der Waals surface area contributed by atoms with Crippen LogP contribution in [0.25, 0.3) is 0 Å². The molecule has 1 aliphatic carbocycles. The third kappa shape index (κ3) is 5.01. The molecule has 1 aliphatic heterocycles. The summed E-state index contributed by atoms with van der Waals surface area (Å²) in [5.74, 6) is -0.00548. The number of thiol groups is 1. The molecule has 0 aromatic heterocycles. The molecular weight excluding hydrogens is 378 g/mol. The molecule has 7 nitrogen and oxygen atoms in total. The number of piperazine rings is 1. The lowest BCUT2D eigenvalue weighted by Gasteiger charge is -2.35. The number of allylic oxidation sites excluding steroid dienone is 3. The first-order valence-electron chi connectivity index (χ1n) is 9.38. The van der Waals surface area contributed by atoms with E-state index in [1.807, 2.05) is 11.0 Å². The summed E-state index contributed by atoms with van der Waals surface area (Å²) in [6.07, 6.45) is 8.66. The fraction of sp³-hybridized carbons (Fsp3) is 0.400. The van der Waals surface area contributed by atoms with Gasteiger partial charge in [0.1, 0.15) is 0 Å². The maximum atomic E-state index is 12.7. The van der Waals surface area contributed by atoms with Crippen LogP contribution in [0, 0.1) is 6.92 Å². The minimum absolute atomic E-state index is 0.0999. The van der Waals surface area contributed by atoms with Crippen LogP contribution in [0.3, 0.4) is 0 Å². The number of hydrogen-bond acceptors (Lipinski definition) is 4. The van der Waals surface area contributed by atoms with Gasteiger partial charge in [-0.3, -0.25) is 14.3 Å². The third-order valence-electron chi connectivity index (χ3n) is 5.03. The van der Waals surface area contributed by atoms with Crippen LogP contribution < -0.4 is 4.72 Å². The number of benzene rings is 1. The molecule has 8 heteroatoms. The van der Waals surface area contributed by atoms with Gasteiger partial charge < -0.3 is 9.80 Å². The Hall–Kier alpha value is -2.61. The Kier molecular flexibility index (Phi) is 6.51. The molecule has 0 unspecified atom stereocenters. The molecule has 0 atom stereocenters. The Bertz CT molecular complexity index is 889. The number of hydrogen-bond donors (Lipinski definition) is 2. The van der Waals surface area contributed by atoms with Crippen LogP contribution >= 0.6 is 0 Å². The highest BCUT2D eigenvalue weighted by molar-refractivity contribution is 7.73. The van der Waals surface area contributed by atoms with Crippen LogP contribution in [0.5, 0.6) is 0 Å². The van der Waals surface area contributed by atoms with E-state index in [1.54, 1.807) is 30.0 Å². The number of carbonyl (C=O) groups excluding carboxylic acids is 2. The van der Waals surface area contributed by atoms with Crippen molar-refractivity contribution in [2.75, 3.05) is 30.9 Å². The summed E-state index contributed by atoms with van der Waals surface area (Å²) < 4.78 is 24.0. The lowest BCUT2D eigenvalue weighted by molar-refractivity contribution is -0.131. The van der Waals surface area contributed by atoms with Crippen molar-refractivity contribution in [1.29, 1.82) is 0 Å². The van der Waals surface area contributed by atoms with E-state index < -0.39 is 10.9 Å². The van der Waals surface area contributed by atoms with Gasteiger partial charge in [-0.1, -0.05) is 18.2 Å². The zero-order valence-corrected chi connectivity index (χ0v) is 16.8. The fourth-order valence-corrected chi connectivity index (χ4v) is 3.89. The Morgan fingerprint density at radius 1 is 1.07 bits per heavy atom. The topological polar surface area (TPSA) is 86.8 Å². The van der Waals surface area contributed by atoms with Gasteiger partial charge in [-0.15, -0.1) is 0 Å². The molecule has 0 saturated carbocycles. The summed E-state index contributed by atoms with van der Waals surface area (Å²) in [4.78, 5) is 28.8. The SMILES string of the molecule is Cc1cc(C(=O)N2CCN(C(=O)CC3=CCCC=C3)CC2)ccc1N[SH](=O)=O. The lowest BCUT2D eigenvalue weighted by Crippen LogP contribution is -2.50. The highest BCUT2D eigenvalue weighted by Gasteiger charge is 2.25. The summed E-state index contributed by atoms with van der Waals surface area (Å²) in [6, 6.07) is 4.90. The van der Waals surface area contributed by atoms with Crippen molar-refractivity contribution in [3.8, 4) is 0 Å². The van der Waals surface area contributed by atoms with Crippen LogP contribution in [-0.2, 0) is 15.7 Å². The van der Waals surface area contributed by atoms with E-state index >= 15 is 0 Å². The average molecular weight is 404 g/mol. The predicted molar refractivity (Wildman–Crippen MR) is 109 cm³/mol. The van der Waals surface area contributed by atoms with Gasteiger partial charge in [0, 0.05) is 31.7 Å². The maximum Gasteiger partial charge on any atom is 0.253 e. The van der Waals surface area contributed by atoms with Gasteiger partial charge in [-0.05, 0) is 49.1 Å². The molecule has 28 heavy (non-hydrogen) atoms. The van der Waals surface area contributed by atoms with Crippen LogP contribution in [0.1, 0.15) is 35.2 Å². The Labute approximate surface area is 166 Å². The number of carbonyl (C=O) groups is 2. The minimum atomic E-state index is -2.74. The number of nitrogens with zero attached hydrogens (tertiary/aromatic N) is 2. The van der Waals surface area contributed by atoms with Crippen molar-refractivity contribution < 1.29 is 18.0 Å². The van der Waals surface area contributed by atoms with Crippen molar-refractivity contribution in [1.82, 2.24) is 9.80 Å². The summed E-state index contributed by atoms with van der Waals surface area (Å²) in [5, 5.41) is 0. The van der Waals surface area contributed by atoms with Crippen molar-refractivity contribution in [3.63, 3.8) is 0 Å². The van der Waals surface area contributed by atoms with Crippen LogP contribution in [-0.4, -0.2) is 56.2 Å². The molecule has 1 heterocycles. The van der Waals surface area contributed by atoms with E-state index in [0.717, 1.165) is 18.4 Å². The van der Waals surface area contributed by atoms with Crippen molar-refractivity contribution in [3.05, 3.63) is 53.1 Å². The van der Waals surface area contributed by atoms with Gasteiger partial charge >= 0.3 is 0 Å². The van der Waals surface area contributed by atoms with E-state index in [4.69, 9.17) is 0 Å². The Balaban J connectivity index is 1.56.